The third-order valence-corrected chi connectivity index (χ3v) is 4.39. The number of hydrogen-bond acceptors (Lipinski definition) is 3. The monoisotopic (exact) mass is 343 g/mol. The first kappa shape index (κ1) is 17.1. The van der Waals surface area contributed by atoms with Crippen molar-refractivity contribution in [3.8, 4) is 0 Å². The van der Waals surface area contributed by atoms with Crippen molar-refractivity contribution in [2.24, 2.45) is 5.92 Å². The molecule has 1 aromatic carbocycles. The summed E-state index contributed by atoms with van der Waals surface area (Å²) in [6.45, 7) is 1.65. The Labute approximate surface area is 140 Å². The van der Waals surface area contributed by atoms with Crippen LogP contribution in [0.5, 0.6) is 0 Å². The van der Waals surface area contributed by atoms with Crippen molar-refractivity contribution in [2.75, 3.05) is 38.6 Å². The molecule has 1 unspecified atom stereocenters. The van der Waals surface area contributed by atoms with Gasteiger partial charge in [-0.15, -0.1) is 0 Å². The lowest BCUT2D eigenvalue weighted by molar-refractivity contribution is -0.126. The van der Waals surface area contributed by atoms with Crippen LogP contribution in [0.1, 0.15) is 6.42 Å². The zero-order chi connectivity index (χ0) is 16.3. The molecule has 120 valence electrons. The van der Waals surface area contributed by atoms with Crippen molar-refractivity contribution in [1.29, 1.82) is 0 Å². The lowest BCUT2D eigenvalue weighted by Crippen LogP contribution is -2.36. The minimum atomic E-state index is -0.357. The Hall–Kier alpha value is -1.30. The molecule has 0 saturated carbocycles. The quantitative estimate of drug-likeness (QED) is 0.889. The number of carbonyl (C=O) groups excluding carboxylic acids is 2. The fraction of sp³-hybridized carbons (Fsp3) is 0.467. The van der Waals surface area contributed by atoms with Gasteiger partial charge in [0.25, 0.3) is 0 Å². The molecule has 1 atom stereocenters. The topological polar surface area (TPSA) is 52.7 Å². The second-order valence-electron chi connectivity index (χ2n) is 5.57. The van der Waals surface area contributed by atoms with Gasteiger partial charge in [0.2, 0.25) is 11.8 Å². The molecule has 0 aliphatic carbocycles. The Bertz CT molecular complexity index is 578. The van der Waals surface area contributed by atoms with Gasteiger partial charge in [-0.25, -0.2) is 0 Å². The summed E-state index contributed by atoms with van der Waals surface area (Å²) in [6, 6.07) is 5.14. The van der Waals surface area contributed by atoms with Gasteiger partial charge < -0.3 is 15.1 Å². The molecule has 0 aromatic heterocycles. The van der Waals surface area contributed by atoms with Gasteiger partial charge in [0.05, 0.1) is 21.7 Å². The zero-order valence-corrected chi connectivity index (χ0v) is 14.1. The first-order chi connectivity index (χ1) is 10.4. The molecule has 2 rings (SSSR count). The van der Waals surface area contributed by atoms with Crippen LogP contribution in [0.25, 0.3) is 0 Å². The van der Waals surface area contributed by atoms with Crippen LogP contribution >= 0.6 is 23.2 Å². The average Bonchev–Trinajstić information content (AvgIpc) is 2.83. The zero-order valence-electron chi connectivity index (χ0n) is 12.6. The number of likely N-dealkylation sites (N-methyl/N-ethyl adjacent to an activating group) is 1. The predicted octanol–water partition coefficient (Wildman–Crippen LogP) is 2.02. The minimum Gasteiger partial charge on any atom is -0.355 e. The van der Waals surface area contributed by atoms with Crippen molar-refractivity contribution < 1.29 is 9.59 Å². The summed E-state index contributed by atoms with van der Waals surface area (Å²) in [5.41, 5.74) is 0.558. The number of hydrogen-bond donors (Lipinski definition) is 1. The Morgan fingerprint density at radius 3 is 2.82 bits per heavy atom. The number of nitrogens with one attached hydrogen (secondary N) is 1. The fourth-order valence-corrected chi connectivity index (χ4v) is 2.76. The van der Waals surface area contributed by atoms with Gasteiger partial charge in [0.15, 0.2) is 0 Å². The SMILES string of the molecule is CN(C)CCNC(=O)C1CC(=O)N(c2cccc(Cl)c2Cl)C1. The summed E-state index contributed by atoms with van der Waals surface area (Å²) in [6.07, 6.45) is 0.191. The smallest absolute Gasteiger partial charge is 0.227 e. The summed E-state index contributed by atoms with van der Waals surface area (Å²) in [7, 11) is 3.88. The van der Waals surface area contributed by atoms with Crippen LogP contribution < -0.4 is 10.2 Å². The van der Waals surface area contributed by atoms with E-state index in [0.29, 0.717) is 28.8 Å². The van der Waals surface area contributed by atoms with E-state index in [-0.39, 0.29) is 24.2 Å². The maximum atomic E-state index is 12.2. The summed E-state index contributed by atoms with van der Waals surface area (Å²) >= 11 is 12.1. The maximum Gasteiger partial charge on any atom is 0.227 e. The predicted molar refractivity (Wildman–Crippen MR) is 88.5 cm³/mol. The number of carbonyl (C=O) groups is 2. The van der Waals surface area contributed by atoms with Crippen molar-refractivity contribution in [2.45, 2.75) is 6.42 Å². The van der Waals surface area contributed by atoms with Crippen molar-refractivity contribution in [1.82, 2.24) is 10.2 Å². The molecule has 0 radical (unpaired) electrons. The molecule has 1 fully saturated rings. The molecule has 2 amide bonds. The van der Waals surface area contributed by atoms with E-state index in [1.54, 1.807) is 18.2 Å². The first-order valence-electron chi connectivity index (χ1n) is 7.07. The van der Waals surface area contributed by atoms with E-state index in [2.05, 4.69) is 5.32 Å². The van der Waals surface area contributed by atoms with Crippen LogP contribution in [-0.4, -0.2) is 50.4 Å². The highest BCUT2D eigenvalue weighted by Crippen LogP contribution is 2.35. The van der Waals surface area contributed by atoms with Crippen LogP contribution in [-0.2, 0) is 9.59 Å². The van der Waals surface area contributed by atoms with Crippen LogP contribution in [0, 0.1) is 5.92 Å². The molecule has 1 heterocycles. The number of rotatable bonds is 5. The Morgan fingerprint density at radius 1 is 1.41 bits per heavy atom. The van der Waals surface area contributed by atoms with Gasteiger partial charge in [-0.2, -0.15) is 0 Å². The standard InChI is InChI=1S/C15H19Cl2N3O2/c1-19(2)7-6-18-15(22)10-8-13(21)20(9-10)12-5-3-4-11(16)14(12)17/h3-5,10H,6-9H2,1-2H3,(H,18,22). The van der Waals surface area contributed by atoms with Gasteiger partial charge in [-0.05, 0) is 26.2 Å². The molecule has 1 saturated heterocycles. The lowest BCUT2D eigenvalue weighted by Gasteiger charge is -2.18. The Morgan fingerprint density at radius 2 is 2.14 bits per heavy atom. The van der Waals surface area contributed by atoms with Gasteiger partial charge in [-0.3, -0.25) is 9.59 Å². The average molecular weight is 344 g/mol. The largest absolute Gasteiger partial charge is 0.355 e. The number of amides is 2. The molecule has 5 nitrogen and oxygen atoms in total. The fourth-order valence-electron chi connectivity index (χ4n) is 2.36. The highest BCUT2D eigenvalue weighted by atomic mass is 35.5. The van der Waals surface area contributed by atoms with E-state index in [1.807, 2.05) is 19.0 Å². The Kier molecular flexibility index (Phi) is 5.67. The summed E-state index contributed by atoms with van der Waals surface area (Å²) in [5.74, 6) is -0.572. The summed E-state index contributed by atoms with van der Waals surface area (Å²) in [5, 5.41) is 3.59. The number of halogens is 2. The van der Waals surface area contributed by atoms with Crippen LogP contribution in [0.4, 0.5) is 5.69 Å². The second-order valence-corrected chi connectivity index (χ2v) is 6.36. The number of anilines is 1. The highest BCUT2D eigenvalue weighted by molar-refractivity contribution is 6.44. The van der Waals surface area contributed by atoms with Crippen molar-refractivity contribution >= 4 is 40.7 Å². The van der Waals surface area contributed by atoms with Gasteiger partial charge >= 0.3 is 0 Å². The molecular formula is C15H19Cl2N3O2. The van der Waals surface area contributed by atoms with Crippen LogP contribution in [0.2, 0.25) is 10.0 Å². The van der Waals surface area contributed by atoms with Crippen LogP contribution in [0.3, 0.4) is 0 Å². The summed E-state index contributed by atoms with van der Waals surface area (Å²) in [4.78, 5) is 27.8. The van der Waals surface area contributed by atoms with Gasteiger partial charge in [0.1, 0.15) is 0 Å². The molecule has 1 aliphatic heterocycles. The van der Waals surface area contributed by atoms with Crippen LogP contribution in [0.15, 0.2) is 18.2 Å². The lowest BCUT2D eigenvalue weighted by atomic mass is 10.1. The van der Waals surface area contributed by atoms with E-state index in [0.717, 1.165) is 6.54 Å². The van der Waals surface area contributed by atoms with Crippen molar-refractivity contribution in [3.05, 3.63) is 28.2 Å². The molecule has 1 aromatic rings. The number of benzene rings is 1. The Balaban J connectivity index is 2.01. The summed E-state index contributed by atoms with van der Waals surface area (Å²) < 4.78 is 0. The molecular weight excluding hydrogens is 325 g/mol. The molecule has 1 aliphatic rings. The molecule has 1 N–H and O–H groups in total. The first-order valence-corrected chi connectivity index (χ1v) is 7.82. The molecule has 0 spiro atoms. The molecule has 0 bridgehead atoms. The van der Waals surface area contributed by atoms with Gasteiger partial charge in [0, 0.05) is 26.1 Å². The third kappa shape index (κ3) is 3.91. The second kappa shape index (κ2) is 7.31. The van der Waals surface area contributed by atoms with Crippen molar-refractivity contribution in [3.63, 3.8) is 0 Å². The van der Waals surface area contributed by atoms with E-state index < -0.39 is 0 Å². The third-order valence-electron chi connectivity index (χ3n) is 3.58. The minimum absolute atomic E-state index is 0.101. The van der Waals surface area contributed by atoms with E-state index in [9.17, 15) is 9.59 Å². The maximum absolute atomic E-state index is 12.2. The van der Waals surface area contributed by atoms with E-state index in [1.165, 1.54) is 4.90 Å². The van der Waals surface area contributed by atoms with E-state index >= 15 is 0 Å². The normalized spacial score (nSPS) is 18.1. The number of nitrogens with zero attached hydrogens (tertiary/aromatic N) is 2. The molecule has 7 heteroatoms. The van der Waals surface area contributed by atoms with E-state index in [4.69, 9.17) is 23.2 Å². The molecule has 22 heavy (non-hydrogen) atoms. The van der Waals surface area contributed by atoms with Gasteiger partial charge in [-0.1, -0.05) is 29.3 Å². The highest BCUT2D eigenvalue weighted by Gasteiger charge is 2.35.